The molecule has 0 saturated carbocycles. The smallest absolute Gasteiger partial charge is 0.0708 e. The Kier molecular flexibility index (Phi) is 4.66. The van der Waals surface area contributed by atoms with Crippen molar-refractivity contribution in [2.24, 2.45) is 0 Å². The zero-order valence-electron chi connectivity index (χ0n) is 14.3. The Bertz CT molecular complexity index is 1070. The molecule has 0 aliphatic rings. The minimum Gasteiger partial charge on any atom is -0.256 e. The topological polar surface area (TPSA) is 25.8 Å². The van der Waals surface area contributed by atoms with Gasteiger partial charge in [-0.3, -0.25) is 9.97 Å². The van der Waals surface area contributed by atoms with Gasteiger partial charge >= 0.3 is 0 Å². The van der Waals surface area contributed by atoms with E-state index in [0.29, 0.717) is 0 Å². The summed E-state index contributed by atoms with van der Waals surface area (Å²) in [6, 6.07) is 32.7. The minimum absolute atomic E-state index is 1.03. The van der Waals surface area contributed by atoms with Crippen molar-refractivity contribution in [3.05, 3.63) is 109 Å². The monoisotopic (exact) mass is 334 g/mol. The first-order valence-corrected chi connectivity index (χ1v) is 8.60. The Morgan fingerprint density at radius 3 is 1.96 bits per heavy atom. The van der Waals surface area contributed by atoms with Gasteiger partial charge < -0.3 is 0 Å². The summed E-state index contributed by atoms with van der Waals surface area (Å²) in [4.78, 5) is 8.66. The summed E-state index contributed by atoms with van der Waals surface area (Å²) in [5.74, 6) is 0. The van der Waals surface area contributed by atoms with E-state index >= 15 is 0 Å². The van der Waals surface area contributed by atoms with Crippen LogP contribution in [0, 0.1) is 0 Å². The molecular formula is C24H18N2. The molecule has 0 unspecified atom stereocenters. The fourth-order valence-electron chi connectivity index (χ4n) is 2.87. The van der Waals surface area contributed by atoms with Gasteiger partial charge in [-0.1, -0.05) is 78.9 Å². The molecule has 0 fully saturated rings. The summed E-state index contributed by atoms with van der Waals surface area (Å²) in [6.45, 7) is 0. The maximum atomic E-state index is 4.48. The first kappa shape index (κ1) is 16.0. The zero-order chi connectivity index (χ0) is 17.6. The van der Waals surface area contributed by atoms with Crippen molar-refractivity contribution in [1.82, 2.24) is 9.97 Å². The molecule has 0 atom stereocenters. The van der Waals surface area contributed by atoms with Crippen LogP contribution in [0.2, 0.25) is 0 Å². The van der Waals surface area contributed by atoms with Gasteiger partial charge in [0.2, 0.25) is 0 Å². The van der Waals surface area contributed by atoms with Crippen molar-refractivity contribution < 1.29 is 0 Å². The number of benzene rings is 3. The predicted octanol–water partition coefficient (Wildman–Crippen LogP) is 6.14. The van der Waals surface area contributed by atoms with Gasteiger partial charge in [0, 0.05) is 28.7 Å². The van der Waals surface area contributed by atoms with Gasteiger partial charge in [0.1, 0.15) is 0 Å². The van der Waals surface area contributed by atoms with Gasteiger partial charge in [0.15, 0.2) is 0 Å². The summed E-state index contributed by atoms with van der Waals surface area (Å²) < 4.78 is 0. The number of rotatable bonds is 1. The largest absolute Gasteiger partial charge is 0.256 e. The Hall–Kier alpha value is -3.52. The lowest BCUT2D eigenvalue weighted by Crippen LogP contribution is -1.83. The molecule has 0 N–H and O–H groups in total. The molecule has 5 rings (SSSR count). The number of para-hydroxylation sites is 1. The SMILES string of the molecule is c1ccc(-c2cc3ccccc3cn2)cc1.c1ccc2ncccc2c1. The molecule has 0 aliphatic heterocycles. The van der Waals surface area contributed by atoms with Crippen LogP contribution in [0.4, 0.5) is 0 Å². The fourth-order valence-corrected chi connectivity index (χ4v) is 2.87. The molecule has 0 radical (unpaired) electrons. The first-order chi connectivity index (χ1) is 12.9. The molecule has 3 aromatic carbocycles. The van der Waals surface area contributed by atoms with Crippen LogP contribution in [-0.2, 0) is 0 Å². The van der Waals surface area contributed by atoms with Crippen LogP contribution < -0.4 is 0 Å². The molecular weight excluding hydrogens is 316 g/mol. The van der Waals surface area contributed by atoms with Crippen molar-refractivity contribution in [2.45, 2.75) is 0 Å². The molecule has 0 saturated heterocycles. The van der Waals surface area contributed by atoms with E-state index in [-0.39, 0.29) is 0 Å². The van der Waals surface area contributed by atoms with E-state index in [0.717, 1.165) is 16.8 Å². The van der Waals surface area contributed by atoms with Crippen LogP contribution in [0.15, 0.2) is 109 Å². The van der Waals surface area contributed by atoms with Crippen molar-refractivity contribution in [2.75, 3.05) is 0 Å². The van der Waals surface area contributed by atoms with Crippen LogP contribution in [0.25, 0.3) is 32.9 Å². The lowest BCUT2D eigenvalue weighted by molar-refractivity contribution is 1.36. The molecule has 0 spiro atoms. The molecule has 2 heterocycles. The zero-order valence-corrected chi connectivity index (χ0v) is 14.3. The average Bonchev–Trinajstić information content (AvgIpc) is 2.74. The van der Waals surface area contributed by atoms with Crippen molar-refractivity contribution in [3.8, 4) is 11.3 Å². The van der Waals surface area contributed by atoms with E-state index in [1.807, 2.05) is 60.9 Å². The van der Waals surface area contributed by atoms with Gasteiger partial charge in [-0.15, -0.1) is 0 Å². The number of fused-ring (bicyclic) bond motifs is 2. The highest BCUT2D eigenvalue weighted by Crippen LogP contribution is 2.21. The summed E-state index contributed by atoms with van der Waals surface area (Å²) in [6.07, 6.45) is 3.74. The van der Waals surface area contributed by atoms with Crippen LogP contribution in [0.1, 0.15) is 0 Å². The van der Waals surface area contributed by atoms with Crippen molar-refractivity contribution in [1.29, 1.82) is 0 Å². The van der Waals surface area contributed by atoms with E-state index in [9.17, 15) is 0 Å². The second kappa shape index (κ2) is 7.58. The second-order valence-electron chi connectivity index (χ2n) is 5.98. The van der Waals surface area contributed by atoms with Gasteiger partial charge in [-0.05, 0) is 23.6 Å². The van der Waals surface area contributed by atoms with E-state index in [1.54, 1.807) is 0 Å². The molecule has 2 heteroatoms. The molecule has 2 nitrogen and oxygen atoms in total. The van der Waals surface area contributed by atoms with E-state index < -0.39 is 0 Å². The number of hydrogen-bond donors (Lipinski definition) is 0. The lowest BCUT2D eigenvalue weighted by atomic mass is 10.1. The molecule has 0 aliphatic carbocycles. The second-order valence-corrected chi connectivity index (χ2v) is 5.98. The molecule has 0 bridgehead atoms. The minimum atomic E-state index is 1.03. The third-order valence-corrected chi connectivity index (χ3v) is 4.21. The Morgan fingerprint density at radius 2 is 1.15 bits per heavy atom. The molecule has 0 amide bonds. The van der Waals surface area contributed by atoms with E-state index in [4.69, 9.17) is 0 Å². The maximum Gasteiger partial charge on any atom is 0.0708 e. The highest BCUT2D eigenvalue weighted by Gasteiger charge is 1.99. The summed E-state index contributed by atoms with van der Waals surface area (Å²) in [7, 11) is 0. The molecule has 2 aromatic heterocycles. The standard InChI is InChI=1S/C15H11N.C9H7N/c1-2-6-12(7-3-1)15-10-13-8-4-5-9-14(13)11-16-15;1-2-6-9-8(4-1)5-3-7-10-9/h1-11H;1-7H. The molecule has 5 aromatic rings. The summed E-state index contributed by atoms with van der Waals surface area (Å²) in [5, 5.41) is 3.61. The highest BCUT2D eigenvalue weighted by atomic mass is 14.7. The molecule has 124 valence electrons. The van der Waals surface area contributed by atoms with Gasteiger partial charge in [0.05, 0.1) is 11.2 Å². The number of pyridine rings is 2. The quantitative estimate of drug-likeness (QED) is 0.368. The van der Waals surface area contributed by atoms with Crippen molar-refractivity contribution in [3.63, 3.8) is 0 Å². The third-order valence-electron chi connectivity index (χ3n) is 4.21. The van der Waals surface area contributed by atoms with Crippen molar-refractivity contribution >= 4 is 21.7 Å². The van der Waals surface area contributed by atoms with Crippen LogP contribution in [0.3, 0.4) is 0 Å². The number of aromatic nitrogens is 2. The molecule has 26 heavy (non-hydrogen) atoms. The van der Waals surface area contributed by atoms with Crippen LogP contribution in [0.5, 0.6) is 0 Å². The Labute approximate surface area is 152 Å². The third kappa shape index (κ3) is 3.60. The number of nitrogens with zero attached hydrogens (tertiary/aromatic N) is 2. The predicted molar refractivity (Wildman–Crippen MR) is 109 cm³/mol. The summed E-state index contributed by atoms with van der Waals surface area (Å²) >= 11 is 0. The first-order valence-electron chi connectivity index (χ1n) is 8.60. The van der Waals surface area contributed by atoms with E-state index in [2.05, 4.69) is 58.5 Å². The average molecular weight is 334 g/mol. The fraction of sp³-hybridized carbons (Fsp3) is 0. The maximum absolute atomic E-state index is 4.48. The normalized spacial score (nSPS) is 10.3. The van der Waals surface area contributed by atoms with Gasteiger partial charge in [-0.25, -0.2) is 0 Å². The Balaban J connectivity index is 0.000000144. The van der Waals surface area contributed by atoms with Crippen LogP contribution in [-0.4, -0.2) is 9.97 Å². The van der Waals surface area contributed by atoms with E-state index in [1.165, 1.54) is 16.2 Å². The van der Waals surface area contributed by atoms with Gasteiger partial charge in [0.25, 0.3) is 0 Å². The van der Waals surface area contributed by atoms with Gasteiger partial charge in [-0.2, -0.15) is 0 Å². The number of hydrogen-bond acceptors (Lipinski definition) is 2. The van der Waals surface area contributed by atoms with Crippen LogP contribution >= 0.6 is 0 Å². The Morgan fingerprint density at radius 1 is 0.500 bits per heavy atom. The summed E-state index contributed by atoms with van der Waals surface area (Å²) in [5.41, 5.74) is 3.25. The lowest BCUT2D eigenvalue weighted by Gasteiger charge is -2.02. The highest BCUT2D eigenvalue weighted by molar-refractivity contribution is 5.85.